The summed E-state index contributed by atoms with van der Waals surface area (Å²) in [5.41, 5.74) is 3.32. The van der Waals surface area contributed by atoms with E-state index in [-0.39, 0.29) is 0 Å². The van der Waals surface area contributed by atoms with Crippen molar-refractivity contribution in [2.75, 3.05) is 4.72 Å². The maximum absolute atomic E-state index is 6.72. The summed E-state index contributed by atoms with van der Waals surface area (Å²) in [6, 6.07) is 11.9. The lowest BCUT2D eigenvalue weighted by molar-refractivity contribution is 1.32. The molecule has 1 aromatic heterocycles. The van der Waals surface area contributed by atoms with E-state index in [4.69, 9.17) is 5.41 Å². The van der Waals surface area contributed by atoms with Crippen LogP contribution in [0.5, 0.6) is 0 Å². The first-order valence-electron chi connectivity index (χ1n) is 5.80. The van der Waals surface area contributed by atoms with E-state index in [1.165, 1.54) is 11.8 Å². The molecule has 0 atom stereocenters. The van der Waals surface area contributed by atoms with Gasteiger partial charge in [0, 0.05) is 24.3 Å². The number of hydrogen-bond acceptors (Lipinski definition) is 4. The fraction of sp³-hybridized carbons (Fsp3) is 0.0667. The van der Waals surface area contributed by atoms with E-state index in [1.807, 2.05) is 42.5 Å². The molecule has 1 aromatic carbocycles. The van der Waals surface area contributed by atoms with Gasteiger partial charge in [0.25, 0.3) is 0 Å². The molecule has 19 heavy (non-hydrogen) atoms. The molecule has 0 aliphatic rings. The second-order valence-electron chi connectivity index (χ2n) is 3.79. The normalized spacial score (nSPS) is 9.58. The van der Waals surface area contributed by atoms with Gasteiger partial charge in [-0.3, -0.25) is 4.98 Å². The first kappa shape index (κ1) is 15.0. The minimum absolute atomic E-state index is 1.02. The van der Waals surface area contributed by atoms with Gasteiger partial charge in [-0.25, -0.2) is 0 Å². The fourth-order valence-electron chi connectivity index (χ4n) is 1.26. The van der Waals surface area contributed by atoms with Crippen LogP contribution in [0.1, 0.15) is 11.1 Å². The summed E-state index contributed by atoms with van der Waals surface area (Å²) >= 11 is 3.89. The fourth-order valence-corrected chi connectivity index (χ4v) is 1.41. The maximum Gasteiger partial charge on any atom is 0.0438 e. The molecule has 0 aliphatic carbocycles. The zero-order chi connectivity index (χ0) is 13.9. The van der Waals surface area contributed by atoms with Crippen molar-refractivity contribution in [3.05, 3.63) is 66.0 Å². The van der Waals surface area contributed by atoms with E-state index in [1.54, 1.807) is 18.5 Å². The van der Waals surface area contributed by atoms with E-state index in [9.17, 15) is 0 Å². The van der Waals surface area contributed by atoms with Crippen LogP contribution in [0, 0.1) is 12.3 Å². The van der Waals surface area contributed by atoms with E-state index in [2.05, 4.69) is 29.4 Å². The number of aromatic nitrogens is 1. The maximum atomic E-state index is 6.72. The molecule has 0 amide bonds. The van der Waals surface area contributed by atoms with Crippen LogP contribution in [-0.4, -0.2) is 11.2 Å². The number of allylic oxidation sites excluding steroid dienone is 1. The van der Waals surface area contributed by atoms with Crippen LogP contribution >= 0.6 is 12.8 Å². The van der Waals surface area contributed by atoms with Gasteiger partial charge in [-0.05, 0) is 36.8 Å². The van der Waals surface area contributed by atoms with Gasteiger partial charge in [0.2, 0.25) is 0 Å². The molecule has 0 saturated carbocycles. The summed E-state index contributed by atoms with van der Waals surface area (Å²) in [5.74, 6) is 0. The average Bonchev–Trinajstić information content (AvgIpc) is 2.48. The Morgan fingerprint density at radius 2 is 1.95 bits per heavy atom. The van der Waals surface area contributed by atoms with Crippen LogP contribution in [0.4, 0.5) is 5.69 Å². The van der Waals surface area contributed by atoms with Crippen molar-refractivity contribution in [1.82, 2.24) is 4.98 Å². The highest BCUT2D eigenvalue weighted by molar-refractivity contribution is 7.81. The van der Waals surface area contributed by atoms with Gasteiger partial charge in [-0.15, -0.1) is 0 Å². The SMILES string of the molecule is Cc1ccc(NS)cc1.N=C/C=C/c1cccnc1. The Balaban J connectivity index is 0.000000191. The summed E-state index contributed by atoms with van der Waals surface area (Å²) in [6.45, 7) is 2.06. The van der Waals surface area contributed by atoms with Gasteiger partial charge in [-0.1, -0.05) is 42.7 Å². The van der Waals surface area contributed by atoms with Crippen molar-refractivity contribution < 1.29 is 0 Å². The first-order valence-corrected chi connectivity index (χ1v) is 6.25. The second kappa shape index (κ2) is 8.94. The lowest BCUT2D eigenvalue weighted by Gasteiger charge is -1.96. The lowest BCUT2D eigenvalue weighted by Crippen LogP contribution is -1.78. The van der Waals surface area contributed by atoms with Crippen LogP contribution < -0.4 is 4.72 Å². The lowest BCUT2D eigenvalue weighted by atomic mass is 10.2. The largest absolute Gasteiger partial charge is 0.332 e. The van der Waals surface area contributed by atoms with E-state index in [0.29, 0.717) is 0 Å². The summed E-state index contributed by atoms with van der Waals surface area (Å²) in [6.07, 6.45) is 8.21. The Morgan fingerprint density at radius 3 is 2.47 bits per heavy atom. The molecule has 1 heterocycles. The van der Waals surface area contributed by atoms with Crippen molar-refractivity contribution in [3.63, 3.8) is 0 Å². The predicted octanol–water partition coefficient (Wildman–Crippen LogP) is 4.00. The minimum atomic E-state index is 1.02. The molecular formula is C15H17N3S. The number of aryl methyl sites for hydroxylation is 1. The summed E-state index contributed by atoms with van der Waals surface area (Å²) in [5, 5.41) is 6.72. The smallest absolute Gasteiger partial charge is 0.0438 e. The molecule has 0 unspecified atom stereocenters. The number of rotatable bonds is 3. The predicted molar refractivity (Wildman–Crippen MR) is 85.8 cm³/mol. The number of pyridine rings is 1. The van der Waals surface area contributed by atoms with Crippen LogP contribution in [0.2, 0.25) is 0 Å². The monoisotopic (exact) mass is 271 g/mol. The summed E-state index contributed by atoms with van der Waals surface area (Å²) < 4.78 is 2.75. The van der Waals surface area contributed by atoms with Gasteiger partial charge >= 0.3 is 0 Å². The first-order chi connectivity index (χ1) is 9.26. The molecule has 3 nitrogen and oxygen atoms in total. The molecule has 0 bridgehead atoms. The number of benzene rings is 1. The van der Waals surface area contributed by atoms with Crippen molar-refractivity contribution in [3.8, 4) is 0 Å². The highest BCUT2D eigenvalue weighted by atomic mass is 32.1. The third-order valence-corrected chi connectivity index (χ3v) is 2.51. The molecule has 0 aliphatic heterocycles. The molecule has 2 N–H and O–H groups in total. The van der Waals surface area contributed by atoms with Gasteiger partial charge in [0.15, 0.2) is 0 Å². The van der Waals surface area contributed by atoms with Gasteiger partial charge in [0.05, 0.1) is 0 Å². The topological polar surface area (TPSA) is 48.8 Å². The van der Waals surface area contributed by atoms with E-state index >= 15 is 0 Å². The number of hydrogen-bond donors (Lipinski definition) is 3. The summed E-state index contributed by atoms with van der Waals surface area (Å²) in [4.78, 5) is 3.91. The summed E-state index contributed by atoms with van der Waals surface area (Å²) in [7, 11) is 0. The third-order valence-electron chi connectivity index (χ3n) is 2.25. The Morgan fingerprint density at radius 1 is 1.21 bits per heavy atom. The zero-order valence-corrected chi connectivity index (χ0v) is 11.6. The highest BCUT2D eigenvalue weighted by Crippen LogP contribution is 2.08. The van der Waals surface area contributed by atoms with E-state index in [0.717, 1.165) is 11.3 Å². The van der Waals surface area contributed by atoms with Crippen LogP contribution in [-0.2, 0) is 0 Å². The van der Waals surface area contributed by atoms with Crippen molar-refractivity contribution in [1.29, 1.82) is 5.41 Å². The molecule has 0 radical (unpaired) electrons. The molecule has 0 saturated heterocycles. The molecule has 98 valence electrons. The van der Waals surface area contributed by atoms with Gasteiger partial charge < -0.3 is 10.1 Å². The molecule has 2 aromatic rings. The molecule has 4 heteroatoms. The molecule has 2 rings (SSSR count). The Hall–Kier alpha value is -2.07. The molecule has 0 spiro atoms. The Labute approximate surface area is 119 Å². The van der Waals surface area contributed by atoms with Gasteiger partial charge in [-0.2, -0.15) is 0 Å². The Bertz CT molecular complexity index is 507. The molecular weight excluding hydrogens is 254 g/mol. The van der Waals surface area contributed by atoms with Gasteiger partial charge in [0.1, 0.15) is 0 Å². The quantitative estimate of drug-likeness (QED) is 0.584. The zero-order valence-electron chi connectivity index (χ0n) is 10.7. The highest BCUT2D eigenvalue weighted by Gasteiger charge is 1.84. The van der Waals surface area contributed by atoms with Crippen LogP contribution in [0.3, 0.4) is 0 Å². The third kappa shape index (κ3) is 6.43. The second-order valence-corrected chi connectivity index (χ2v) is 4.01. The standard InChI is InChI=1S/C8H8N2.C7H9NS/c9-5-1-3-8-4-2-6-10-7-8;1-6-2-4-7(8-9)5-3-6/h1-7,9H;2-5,8-9H,1H3/b3-1+,9-5?;. The van der Waals surface area contributed by atoms with Crippen LogP contribution in [0.25, 0.3) is 6.08 Å². The number of nitrogens with one attached hydrogen (secondary N) is 2. The van der Waals surface area contributed by atoms with Crippen molar-refractivity contribution in [2.45, 2.75) is 6.92 Å². The minimum Gasteiger partial charge on any atom is -0.332 e. The van der Waals surface area contributed by atoms with Crippen LogP contribution in [0.15, 0.2) is 54.9 Å². The number of nitrogens with zero attached hydrogens (tertiary/aromatic N) is 1. The average molecular weight is 271 g/mol. The number of thiol groups is 1. The van der Waals surface area contributed by atoms with Crippen molar-refractivity contribution in [2.24, 2.45) is 0 Å². The van der Waals surface area contributed by atoms with Crippen molar-refractivity contribution >= 4 is 30.8 Å². The molecule has 0 fully saturated rings. The Kier molecular flexibility index (Phi) is 7.05. The number of anilines is 1. The van der Waals surface area contributed by atoms with E-state index < -0.39 is 0 Å².